The first kappa shape index (κ1) is 47.4. The first-order valence-corrected chi connectivity index (χ1v) is 23.4. The summed E-state index contributed by atoms with van der Waals surface area (Å²) in [5, 5.41) is 23.2. The van der Waals surface area contributed by atoms with Crippen LogP contribution in [0.15, 0.2) is 67.3 Å². The van der Waals surface area contributed by atoms with Crippen molar-refractivity contribution in [3.63, 3.8) is 0 Å². The minimum absolute atomic E-state index is 0.00857. The molecular weight excluding hydrogens is 869 g/mol. The van der Waals surface area contributed by atoms with Crippen molar-refractivity contribution in [3.05, 3.63) is 72.8 Å². The number of H-pyrrole nitrogens is 1. The number of carbonyl (C=O) groups is 8. The second kappa shape index (κ2) is 22.5. The zero-order valence-electron chi connectivity index (χ0n) is 35.2. The molecule has 0 radical (unpaired) electrons. The van der Waals surface area contributed by atoms with E-state index < -0.39 is 96.6 Å². The number of benzene rings is 1. The molecule has 6 rings (SSSR count). The number of ether oxygens (including phenoxy) is 1. The van der Waals surface area contributed by atoms with E-state index in [9.17, 15) is 43.5 Å². The maximum absolute atomic E-state index is 14.0. The molecule has 2 aliphatic heterocycles. The zero-order valence-corrected chi connectivity index (χ0v) is 36.8. The number of carboxylic acid groups (broad SMARTS) is 1. The summed E-state index contributed by atoms with van der Waals surface area (Å²) in [5.41, 5.74) is 8.44. The Bertz CT molecular complexity index is 2360. The number of aromatic amines is 1. The lowest BCUT2D eigenvalue weighted by Crippen LogP contribution is -2.58. The number of pyridine rings is 1. The van der Waals surface area contributed by atoms with Gasteiger partial charge in [0.2, 0.25) is 41.4 Å². The molecule has 2 saturated heterocycles. The van der Waals surface area contributed by atoms with Crippen LogP contribution in [-0.4, -0.2) is 128 Å². The third kappa shape index (κ3) is 12.7. The van der Waals surface area contributed by atoms with E-state index in [2.05, 4.69) is 36.1 Å². The van der Waals surface area contributed by atoms with E-state index in [0.29, 0.717) is 19.4 Å². The predicted octanol–water partition coefficient (Wildman–Crippen LogP) is -0.115. The number of hydrogen-bond donors (Lipinski definition) is 8. The first-order chi connectivity index (χ1) is 30.8. The lowest BCUT2D eigenvalue weighted by atomic mass is 10.1. The number of hydrogen-bond acceptors (Lipinski definition) is 11. The van der Waals surface area contributed by atoms with Gasteiger partial charge in [0.15, 0.2) is 0 Å². The number of amides is 7. The summed E-state index contributed by atoms with van der Waals surface area (Å²) in [6.45, 7) is 1.44. The van der Waals surface area contributed by atoms with E-state index in [0.717, 1.165) is 22.1 Å². The van der Waals surface area contributed by atoms with Gasteiger partial charge in [-0.2, -0.15) is 0 Å². The third-order valence-electron chi connectivity index (χ3n) is 10.9. The topological polar surface area (TPSA) is 280 Å². The van der Waals surface area contributed by atoms with Gasteiger partial charge in [0.05, 0.1) is 38.4 Å². The Balaban J connectivity index is 1.15. The number of primary amides is 1. The van der Waals surface area contributed by atoms with Gasteiger partial charge in [-0.25, -0.2) is 8.97 Å². The number of fused-ring (bicyclic) bond motifs is 3. The second-order valence-electron chi connectivity index (χ2n) is 15.6. The molecule has 4 aromatic rings. The molecule has 342 valence electrons. The fourth-order valence-corrected chi connectivity index (χ4v) is 9.75. The van der Waals surface area contributed by atoms with Crippen LogP contribution in [0.4, 0.5) is 0 Å². The molecule has 3 aromatic heterocycles. The summed E-state index contributed by atoms with van der Waals surface area (Å²) in [7, 11) is 2.46. The van der Waals surface area contributed by atoms with Gasteiger partial charge in [0.25, 0.3) is 5.65 Å². The summed E-state index contributed by atoms with van der Waals surface area (Å²) < 4.78 is 10.3. The average Bonchev–Trinajstić information content (AvgIpc) is 4.01. The Hall–Kier alpha value is -6.13. The number of nitrogens with zero attached hydrogens (tertiary/aromatic N) is 3. The van der Waals surface area contributed by atoms with E-state index in [4.69, 9.17) is 10.5 Å². The van der Waals surface area contributed by atoms with Gasteiger partial charge in [-0.3, -0.25) is 38.4 Å². The molecule has 0 saturated carbocycles. The number of aromatic nitrogens is 3. The SMILES string of the molecule is C[C@@H]1NC(=O)C(CC(=O)O)NC(=O)CNC(=O)C(CCCCn2cc[n+]3ccccc23)NC(=O)CCSSC[C@@H](C(N)=O)NC(=O)[C@@H]2CC(OCc3c[nH]c4ccccc34)CN2C1=O. The summed E-state index contributed by atoms with van der Waals surface area (Å²) >= 11 is 0. The Morgan fingerprint density at radius 2 is 1.69 bits per heavy atom. The van der Waals surface area contributed by atoms with Gasteiger partial charge in [0, 0.05) is 59.6 Å². The van der Waals surface area contributed by atoms with E-state index in [1.54, 1.807) is 0 Å². The number of nitrogens with two attached hydrogens (primary N) is 1. The molecule has 0 bridgehead atoms. The van der Waals surface area contributed by atoms with Crippen LogP contribution >= 0.6 is 21.6 Å². The molecule has 0 spiro atoms. The van der Waals surface area contributed by atoms with Crippen LogP contribution in [0.5, 0.6) is 0 Å². The third-order valence-corrected chi connectivity index (χ3v) is 13.3. The van der Waals surface area contributed by atoms with Crippen LogP contribution in [0.2, 0.25) is 0 Å². The Labute approximate surface area is 375 Å². The highest BCUT2D eigenvalue weighted by Crippen LogP contribution is 2.27. The monoisotopic (exact) mass is 921 g/mol. The molecule has 2 aliphatic rings. The highest BCUT2D eigenvalue weighted by atomic mass is 33.1. The summed E-state index contributed by atoms with van der Waals surface area (Å²) in [6, 6.07) is 7.16. The predicted molar refractivity (Wildman–Crippen MR) is 236 cm³/mol. The molecule has 2 fully saturated rings. The number of nitrogens with one attached hydrogen (secondary N) is 6. The van der Waals surface area contributed by atoms with E-state index in [1.165, 1.54) is 33.4 Å². The molecule has 9 N–H and O–H groups in total. The number of aryl methyl sites for hydroxylation is 1. The van der Waals surface area contributed by atoms with Crippen LogP contribution in [-0.2, 0) is 56.2 Å². The largest absolute Gasteiger partial charge is 0.481 e. The molecule has 6 atom stereocenters. The molecule has 64 heavy (non-hydrogen) atoms. The first-order valence-electron chi connectivity index (χ1n) is 20.9. The highest BCUT2D eigenvalue weighted by molar-refractivity contribution is 8.76. The van der Waals surface area contributed by atoms with E-state index in [1.807, 2.05) is 71.7 Å². The zero-order chi connectivity index (χ0) is 45.8. The number of imidazole rings is 1. The van der Waals surface area contributed by atoms with Crippen molar-refractivity contribution < 1.29 is 52.6 Å². The van der Waals surface area contributed by atoms with Crippen molar-refractivity contribution in [2.75, 3.05) is 24.6 Å². The Morgan fingerprint density at radius 3 is 2.48 bits per heavy atom. The molecule has 20 nitrogen and oxygen atoms in total. The van der Waals surface area contributed by atoms with Gasteiger partial charge in [-0.15, -0.1) is 0 Å². The number of carbonyl (C=O) groups excluding carboxylic acids is 7. The smallest absolute Gasteiger partial charge is 0.305 e. The standard InChI is InChI=1S/C42H52N10O10S2/c1-25-42(61)52-22-27(62-23-26-20-44-29-9-3-2-8-28(26)29)18-33(52)41(60)49-32(38(43)57)24-64-63-17-12-34(53)47-30(10-4-6-13-50-15-16-51-14-7-5-11-36(50)51)39(58)45-21-35(54)48-31(19-37(55)56)40(59)46-25/h2-3,5,7-9,11,14-16,20,25,27,30-33,44H,4,6,10,12-13,17-19,21-24H2,1H3,(H7-,43,45,46,47,48,49,53,54,55,56,57,58,59,60)/p+1/t25-,27?,30?,31?,32-,33-/m0/s1. The lowest BCUT2D eigenvalue weighted by Gasteiger charge is -2.28. The Morgan fingerprint density at radius 1 is 0.906 bits per heavy atom. The van der Waals surface area contributed by atoms with Crippen LogP contribution in [0, 0.1) is 0 Å². The second-order valence-corrected chi connectivity index (χ2v) is 18.2. The van der Waals surface area contributed by atoms with Gasteiger partial charge in [-0.05, 0) is 38.3 Å². The fourth-order valence-electron chi connectivity index (χ4n) is 7.59. The summed E-state index contributed by atoms with van der Waals surface area (Å²) in [4.78, 5) is 110. The maximum atomic E-state index is 14.0. The van der Waals surface area contributed by atoms with Crippen LogP contribution in [0.25, 0.3) is 16.6 Å². The van der Waals surface area contributed by atoms with Gasteiger partial charge in [-0.1, -0.05) is 45.9 Å². The van der Waals surface area contributed by atoms with Crippen molar-refractivity contribution in [1.82, 2.24) is 41.0 Å². The van der Waals surface area contributed by atoms with Gasteiger partial charge in [0.1, 0.15) is 42.6 Å². The van der Waals surface area contributed by atoms with Crippen molar-refractivity contribution >= 4 is 85.5 Å². The maximum Gasteiger partial charge on any atom is 0.305 e. The summed E-state index contributed by atoms with van der Waals surface area (Å²) in [6.07, 6.45) is 7.57. The number of rotatable bonds is 11. The quantitative estimate of drug-likeness (QED) is 0.0556. The minimum Gasteiger partial charge on any atom is -0.481 e. The van der Waals surface area contributed by atoms with Crippen molar-refractivity contribution in [2.24, 2.45) is 5.73 Å². The van der Waals surface area contributed by atoms with Crippen LogP contribution in [0.3, 0.4) is 0 Å². The van der Waals surface area contributed by atoms with E-state index >= 15 is 0 Å². The summed E-state index contributed by atoms with van der Waals surface area (Å²) in [5.74, 6) is -6.33. The van der Waals surface area contributed by atoms with Gasteiger partial charge < -0.3 is 52.0 Å². The molecule has 1 aromatic carbocycles. The molecule has 22 heteroatoms. The normalized spacial score (nSPS) is 23.7. The number of aliphatic carboxylic acids is 1. The lowest BCUT2D eigenvalue weighted by molar-refractivity contribution is -0.510. The highest BCUT2D eigenvalue weighted by Gasteiger charge is 2.43. The number of para-hydroxylation sites is 1. The van der Waals surface area contributed by atoms with Crippen LogP contribution in [0.1, 0.15) is 51.0 Å². The fraction of sp³-hybridized carbons (Fsp3) is 0.452. The van der Waals surface area contributed by atoms with Crippen molar-refractivity contribution in [3.8, 4) is 0 Å². The Kier molecular flexibility index (Phi) is 16.6. The molecule has 5 heterocycles. The average molecular weight is 922 g/mol. The van der Waals surface area contributed by atoms with Crippen molar-refractivity contribution in [2.45, 2.75) is 94.9 Å². The number of carboxylic acids is 1. The number of unbranched alkanes of at least 4 members (excludes halogenated alkanes) is 1. The molecule has 3 unspecified atom stereocenters. The molecule has 0 aliphatic carbocycles. The van der Waals surface area contributed by atoms with E-state index in [-0.39, 0.29) is 43.9 Å². The van der Waals surface area contributed by atoms with Crippen LogP contribution < -0.4 is 36.7 Å². The molecule has 7 amide bonds. The molecular formula is C42H53N10O10S2+. The van der Waals surface area contributed by atoms with Crippen molar-refractivity contribution in [1.29, 1.82) is 0 Å². The van der Waals surface area contributed by atoms with Gasteiger partial charge >= 0.3 is 5.97 Å². The minimum atomic E-state index is -1.66.